The van der Waals surface area contributed by atoms with Crippen molar-refractivity contribution in [1.82, 2.24) is 5.32 Å². The van der Waals surface area contributed by atoms with Gasteiger partial charge in [0.2, 0.25) is 0 Å². The Morgan fingerprint density at radius 3 is 2.50 bits per heavy atom. The van der Waals surface area contributed by atoms with E-state index >= 15 is 0 Å². The lowest BCUT2D eigenvalue weighted by molar-refractivity contribution is 0.627. The Morgan fingerprint density at radius 1 is 1.42 bits per heavy atom. The molecule has 1 rings (SSSR count). The maximum atomic E-state index is 12.5. The third kappa shape index (κ3) is 2.09. The minimum absolute atomic E-state index is 0.219. The molecule has 1 aromatic rings. The topological polar surface area (TPSA) is 12.0 Å². The molecular weight excluding hydrogens is 153 g/mol. The summed E-state index contributed by atoms with van der Waals surface area (Å²) >= 11 is 0. The van der Waals surface area contributed by atoms with E-state index in [1.807, 2.05) is 6.92 Å². The van der Waals surface area contributed by atoms with E-state index in [0.29, 0.717) is 0 Å². The van der Waals surface area contributed by atoms with E-state index in [-0.39, 0.29) is 5.82 Å². The van der Waals surface area contributed by atoms with Gasteiger partial charge in [0.15, 0.2) is 0 Å². The second kappa shape index (κ2) is 3.90. The first kappa shape index (κ1) is 8.78. The van der Waals surface area contributed by atoms with Gasteiger partial charge in [-0.05, 0) is 24.6 Å². The minimum Gasteiger partial charge on any atom is -0.385 e. The highest BCUT2D eigenvalue weighted by Gasteiger charge is 1.96. The molecule has 2 heteroatoms. The fraction of sp³-hybridized carbons (Fsp3) is 0.200. The normalized spacial score (nSPS) is 9.50. The van der Waals surface area contributed by atoms with E-state index in [9.17, 15) is 4.39 Å². The average Bonchev–Trinajstić information content (AvgIpc) is 2.06. The molecule has 1 aromatic carbocycles. The van der Waals surface area contributed by atoms with Crippen LogP contribution in [-0.4, -0.2) is 6.54 Å². The molecule has 0 bridgehead atoms. The highest BCUT2D eigenvalue weighted by Crippen LogP contribution is 2.09. The predicted molar refractivity (Wildman–Crippen MR) is 49.1 cm³/mol. The molecule has 0 atom stereocenters. The number of rotatable bonds is 3. The van der Waals surface area contributed by atoms with Crippen LogP contribution in [0.25, 0.3) is 5.70 Å². The van der Waals surface area contributed by atoms with E-state index in [2.05, 4.69) is 11.9 Å². The average molecular weight is 165 g/mol. The van der Waals surface area contributed by atoms with E-state index < -0.39 is 0 Å². The summed E-state index contributed by atoms with van der Waals surface area (Å²) in [5.74, 6) is -0.219. The van der Waals surface area contributed by atoms with Crippen molar-refractivity contribution < 1.29 is 4.39 Å². The Labute approximate surface area is 71.9 Å². The monoisotopic (exact) mass is 165 g/mol. The smallest absolute Gasteiger partial charge is 0.123 e. The highest BCUT2D eigenvalue weighted by atomic mass is 19.1. The van der Waals surface area contributed by atoms with E-state index in [1.54, 1.807) is 12.1 Å². The molecule has 0 radical (unpaired) electrons. The maximum absolute atomic E-state index is 12.5. The van der Waals surface area contributed by atoms with Crippen LogP contribution >= 0.6 is 0 Å². The Bertz CT molecular complexity index is 264. The lowest BCUT2D eigenvalue weighted by Crippen LogP contribution is -2.09. The fourth-order valence-electron chi connectivity index (χ4n) is 0.967. The van der Waals surface area contributed by atoms with Crippen molar-refractivity contribution in [2.24, 2.45) is 0 Å². The second-order valence-corrected chi connectivity index (χ2v) is 2.52. The number of halogens is 1. The first-order chi connectivity index (χ1) is 5.74. The first-order valence-corrected chi connectivity index (χ1v) is 3.92. The van der Waals surface area contributed by atoms with E-state index in [4.69, 9.17) is 0 Å². The summed E-state index contributed by atoms with van der Waals surface area (Å²) in [6.45, 7) is 6.64. The van der Waals surface area contributed by atoms with Crippen molar-refractivity contribution in [3.8, 4) is 0 Å². The summed E-state index contributed by atoms with van der Waals surface area (Å²) in [4.78, 5) is 0. The SMILES string of the molecule is C=C(NCC)c1ccc(F)cc1. The first-order valence-electron chi connectivity index (χ1n) is 3.92. The van der Waals surface area contributed by atoms with Gasteiger partial charge in [0.25, 0.3) is 0 Å². The summed E-state index contributed by atoms with van der Waals surface area (Å²) in [6.07, 6.45) is 0. The van der Waals surface area contributed by atoms with Crippen LogP contribution in [0, 0.1) is 5.82 Å². The Balaban J connectivity index is 2.75. The molecule has 0 aliphatic carbocycles. The van der Waals surface area contributed by atoms with Gasteiger partial charge in [-0.15, -0.1) is 0 Å². The van der Waals surface area contributed by atoms with Gasteiger partial charge in [-0.1, -0.05) is 18.7 Å². The van der Waals surface area contributed by atoms with Gasteiger partial charge in [-0.3, -0.25) is 0 Å². The van der Waals surface area contributed by atoms with Crippen LogP contribution in [0.3, 0.4) is 0 Å². The van der Waals surface area contributed by atoms with Crippen molar-refractivity contribution in [2.75, 3.05) is 6.54 Å². The van der Waals surface area contributed by atoms with Crippen LogP contribution in [0.15, 0.2) is 30.8 Å². The molecular formula is C10H12FN. The summed E-state index contributed by atoms with van der Waals surface area (Å²) in [6, 6.07) is 6.27. The zero-order valence-corrected chi connectivity index (χ0v) is 7.10. The molecule has 12 heavy (non-hydrogen) atoms. The molecule has 0 saturated carbocycles. The third-order valence-electron chi connectivity index (χ3n) is 1.58. The standard InChI is InChI=1S/C10H12FN/c1-3-12-8(2)9-4-6-10(11)7-5-9/h4-7,12H,2-3H2,1H3. The lowest BCUT2D eigenvalue weighted by Gasteiger charge is -2.06. The quantitative estimate of drug-likeness (QED) is 0.725. The van der Waals surface area contributed by atoms with Gasteiger partial charge in [0, 0.05) is 12.2 Å². The third-order valence-corrected chi connectivity index (χ3v) is 1.58. The summed E-state index contributed by atoms with van der Waals surface area (Å²) in [5, 5.41) is 3.06. The van der Waals surface area contributed by atoms with Gasteiger partial charge in [0.1, 0.15) is 5.82 Å². The summed E-state index contributed by atoms with van der Waals surface area (Å²) < 4.78 is 12.5. The van der Waals surface area contributed by atoms with Gasteiger partial charge in [-0.2, -0.15) is 0 Å². The number of benzene rings is 1. The Morgan fingerprint density at radius 2 is 2.00 bits per heavy atom. The number of hydrogen-bond donors (Lipinski definition) is 1. The minimum atomic E-state index is -0.219. The molecule has 0 amide bonds. The van der Waals surface area contributed by atoms with Crippen LogP contribution in [0.2, 0.25) is 0 Å². The number of hydrogen-bond acceptors (Lipinski definition) is 1. The molecule has 0 heterocycles. The predicted octanol–water partition coefficient (Wildman–Crippen LogP) is 2.41. The van der Waals surface area contributed by atoms with Crippen molar-refractivity contribution >= 4 is 5.70 Å². The molecule has 0 aliphatic heterocycles. The highest BCUT2D eigenvalue weighted by molar-refractivity contribution is 5.61. The van der Waals surface area contributed by atoms with Crippen molar-refractivity contribution in [2.45, 2.75) is 6.92 Å². The maximum Gasteiger partial charge on any atom is 0.123 e. The van der Waals surface area contributed by atoms with Gasteiger partial charge >= 0.3 is 0 Å². The molecule has 0 spiro atoms. The van der Waals surface area contributed by atoms with Gasteiger partial charge < -0.3 is 5.32 Å². The molecule has 0 aromatic heterocycles. The van der Waals surface area contributed by atoms with Gasteiger partial charge in [0.05, 0.1) is 0 Å². The summed E-state index contributed by atoms with van der Waals surface area (Å²) in [7, 11) is 0. The van der Waals surface area contributed by atoms with Crippen molar-refractivity contribution in [3.63, 3.8) is 0 Å². The summed E-state index contributed by atoms with van der Waals surface area (Å²) in [5.41, 5.74) is 1.76. The Kier molecular flexibility index (Phi) is 2.86. The van der Waals surface area contributed by atoms with Crippen molar-refractivity contribution in [3.05, 3.63) is 42.2 Å². The van der Waals surface area contributed by atoms with Crippen molar-refractivity contribution in [1.29, 1.82) is 0 Å². The van der Waals surface area contributed by atoms with Crippen LogP contribution in [0.5, 0.6) is 0 Å². The molecule has 1 N–H and O–H groups in total. The zero-order chi connectivity index (χ0) is 8.97. The Hall–Kier alpha value is -1.31. The largest absolute Gasteiger partial charge is 0.385 e. The van der Waals surface area contributed by atoms with Gasteiger partial charge in [-0.25, -0.2) is 4.39 Å². The van der Waals surface area contributed by atoms with Crippen LogP contribution in [0.4, 0.5) is 4.39 Å². The van der Waals surface area contributed by atoms with Crippen LogP contribution < -0.4 is 5.32 Å². The molecule has 64 valence electrons. The molecule has 1 nitrogen and oxygen atoms in total. The van der Waals surface area contributed by atoms with E-state index in [0.717, 1.165) is 17.8 Å². The van der Waals surface area contributed by atoms with Crippen LogP contribution in [-0.2, 0) is 0 Å². The molecule has 0 aliphatic rings. The van der Waals surface area contributed by atoms with E-state index in [1.165, 1.54) is 12.1 Å². The molecule has 0 saturated heterocycles. The second-order valence-electron chi connectivity index (χ2n) is 2.52. The van der Waals surface area contributed by atoms with Crippen LogP contribution in [0.1, 0.15) is 12.5 Å². The fourth-order valence-corrected chi connectivity index (χ4v) is 0.967. The molecule has 0 fully saturated rings. The lowest BCUT2D eigenvalue weighted by atomic mass is 10.2. The number of nitrogens with one attached hydrogen (secondary N) is 1. The zero-order valence-electron chi connectivity index (χ0n) is 7.10. The molecule has 0 unspecified atom stereocenters.